The summed E-state index contributed by atoms with van der Waals surface area (Å²) in [5.74, 6) is -1.81. The molecule has 1 aliphatic carbocycles. The van der Waals surface area contributed by atoms with Crippen LogP contribution in [0, 0.1) is 0 Å². The Balaban J connectivity index is 1.20. The Kier molecular flexibility index (Phi) is 10.9. The van der Waals surface area contributed by atoms with E-state index in [4.69, 9.17) is 44.8 Å². The van der Waals surface area contributed by atoms with Gasteiger partial charge in [0.2, 0.25) is 11.6 Å². The molecule has 3 fully saturated rings. The third-order valence-electron chi connectivity index (χ3n) is 10.0. The van der Waals surface area contributed by atoms with Crippen molar-refractivity contribution in [1.82, 2.24) is 0 Å². The smallest absolute Gasteiger partial charge is 0.227 e. The molecule has 0 spiro atoms. The first kappa shape index (κ1) is 36.0. The van der Waals surface area contributed by atoms with Gasteiger partial charge in [0.25, 0.3) is 0 Å². The van der Waals surface area contributed by atoms with Crippen LogP contribution in [0.4, 0.5) is 0 Å². The molecule has 0 radical (unpaired) electrons. The van der Waals surface area contributed by atoms with Gasteiger partial charge < -0.3 is 33.2 Å². The van der Waals surface area contributed by atoms with Gasteiger partial charge in [-0.1, -0.05) is 121 Å². The second kappa shape index (κ2) is 16.1. The fourth-order valence-corrected chi connectivity index (χ4v) is 7.42. The Labute approximate surface area is 316 Å². The van der Waals surface area contributed by atoms with Gasteiger partial charge in [-0.25, -0.2) is 0 Å². The summed E-state index contributed by atoms with van der Waals surface area (Å²) in [4.78, 5) is 0. The highest BCUT2D eigenvalue weighted by atomic mass is 35.5. The van der Waals surface area contributed by atoms with Crippen LogP contribution in [0.2, 0.25) is 5.02 Å². The van der Waals surface area contributed by atoms with E-state index in [1.54, 1.807) is 0 Å². The molecule has 3 aliphatic rings. The summed E-state index contributed by atoms with van der Waals surface area (Å²) in [7, 11) is 0. The zero-order valence-electron chi connectivity index (χ0n) is 29.9. The first-order chi connectivity index (χ1) is 26.0. The molecule has 0 unspecified atom stereocenters. The fraction of sp³-hybridized carbons (Fsp3) is 0.333. The predicted octanol–water partition coefficient (Wildman–Crippen LogP) is 9.17. The minimum Gasteiger partial charge on any atom is -0.494 e. The molecule has 53 heavy (non-hydrogen) atoms. The molecule has 274 valence electrons. The molecular weight excluding hydrogens is 688 g/mol. The molecule has 2 saturated heterocycles. The SMILES string of the molecule is CCOc1ccc(Cc2cc([C@]34OC[C@](OC5CC5)(O3)[C@@H](OCc3ccccc3)[C@H](OCc3ccccc3)[C@H]4OCc3ccccc3)ccc2Cl)cc1. The molecule has 1 saturated carbocycles. The van der Waals surface area contributed by atoms with Gasteiger partial charge in [-0.2, -0.15) is 0 Å². The monoisotopic (exact) mass is 732 g/mol. The summed E-state index contributed by atoms with van der Waals surface area (Å²) in [6.45, 7) is 3.70. The van der Waals surface area contributed by atoms with Crippen molar-refractivity contribution in [1.29, 1.82) is 0 Å². The topological polar surface area (TPSA) is 64.6 Å². The lowest BCUT2D eigenvalue weighted by atomic mass is 9.86. The van der Waals surface area contributed by atoms with Crippen molar-refractivity contribution in [3.8, 4) is 5.75 Å². The molecule has 5 aromatic rings. The normalized spacial score (nSPS) is 25.0. The van der Waals surface area contributed by atoms with E-state index in [-0.39, 0.29) is 12.7 Å². The average molecular weight is 733 g/mol. The third kappa shape index (κ3) is 8.08. The lowest BCUT2D eigenvalue weighted by Crippen LogP contribution is -2.67. The molecule has 2 heterocycles. The summed E-state index contributed by atoms with van der Waals surface area (Å²) < 4.78 is 47.6. The van der Waals surface area contributed by atoms with E-state index < -0.39 is 29.9 Å². The first-order valence-corrected chi connectivity index (χ1v) is 18.9. The average Bonchev–Trinajstić information content (AvgIpc) is 3.95. The van der Waals surface area contributed by atoms with Crippen LogP contribution in [-0.2, 0) is 60.4 Å². The quantitative estimate of drug-likeness (QED) is 0.100. The second-order valence-corrected chi connectivity index (χ2v) is 14.4. The number of fused-ring (bicyclic) bond motifs is 2. The van der Waals surface area contributed by atoms with E-state index in [1.165, 1.54) is 0 Å². The number of hydrogen-bond acceptors (Lipinski definition) is 7. The summed E-state index contributed by atoms with van der Waals surface area (Å²) in [5, 5.41) is 0.649. The van der Waals surface area contributed by atoms with Crippen LogP contribution in [0.3, 0.4) is 0 Å². The van der Waals surface area contributed by atoms with Gasteiger partial charge in [-0.3, -0.25) is 0 Å². The van der Waals surface area contributed by atoms with E-state index in [9.17, 15) is 0 Å². The molecule has 7 nitrogen and oxygen atoms in total. The fourth-order valence-electron chi connectivity index (χ4n) is 7.23. The minimum atomic E-state index is -1.39. The van der Waals surface area contributed by atoms with Crippen LogP contribution >= 0.6 is 11.6 Å². The van der Waals surface area contributed by atoms with Gasteiger partial charge in [0.1, 0.15) is 30.7 Å². The van der Waals surface area contributed by atoms with E-state index in [0.29, 0.717) is 37.9 Å². The highest BCUT2D eigenvalue weighted by Crippen LogP contribution is 2.55. The maximum Gasteiger partial charge on any atom is 0.227 e. The summed E-state index contributed by atoms with van der Waals surface area (Å²) in [6, 6.07) is 44.4. The Hall–Kier alpha value is -4.05. The lowest BCUT2D eigenvalue weighted by molar-refractivity contribution is -0.399. The summed E-state index contributed by atoms with van der Waals surface area (Å²) >= 11 is 6.91. The Morgan fingerprint density at radius 1 is 0.660 bits per heavy atom. The van der Waals surface area contributed by atoms with Crippen molar-refractivity contribution in [3.05, 3.63) is 172 Å². The summed E-state index contributed by atoms with van der Waals surface area (Å²) in [5.41, 5.74) is 5.89. The number of rotatable bonds is 16. The molecule has 5 aromatic carbocycles. The first-order valence-electron chi connectivity index (χ1n) is 18.5. The number of hydrogen-bond donors (Lipinski definition) is 0. The van der Waals surface area contributed by atoms with Gasteiger partial charge in [0.15, 0.2) is 0 Å². The Bertz CT molecular complexity index is 1920. The summed E-state index contributed by atoms with van der Waals surface area (Å²) in [6.07, 6.45) is 0.437. The van der Waals surface area contributed by atoms with Gasteiger partial charge >= 0.3 is 0 Å². The van der Waals surface area contributed by atoms with E-state index in [0.717, 1.165) is 52.0 Å². The number of benzene rings is 5. The zero-order valence-corrected chi connectivity index (χ0v) is 30.7. The number of halogens is 1. The van der Waals surface area contributed by atoms with Crippen LogP contribution in [0.5, 0.6) is 5.75 Å². The van der Waals surface area contributed by atoms with Gasteiger partial charge in [0, 0.05) is 10.6 Å². The molecule has 0 aromatic heterocycles. The molecule has 0 amide bonds. The highest BCUT2D eigenvalue weighted by molar-refractivity contribution is 6.31. The van der Waals surface area contributed by atoms with Crippen molar-refractivity contribution in [2.75, 3.05) is 13.2 Å². The van der Waals surface area contributed by atoms with Crippen LogP contribution in [0.25, 0.3) is 0 Å². The van der Waals surface area contributed by atoms with Crippen LogP contribution in [0.15, 0.2) is 133 Å². The minimum absolute atomic E-state index is 0.0363. The van der Waals surface area contributed by atoms with Crippen LogP contribution in [-0.4, -0.2) is 43.4 Å². The predicted molar refractivity (Wildman–Crippen MR) is 202 cm³/mol. The van der Waals surface area contributed by atoms with Crippen molar-refractivity contribution in [2.24, 2.45) is 0 Å². The lowest BCUT2D eigenvalue weighted by Gasteiger charge is -2.50. The van der Waals surface area contributed by atoms with Crippen molar-refractivity contribution < 1.29 is 33.2 Å². The van der Waals surface area contributed by atoms with Crippen molar-refractivity contribution in [3.63, 3.8) is 0 Å². The maximum atomic E-state index is 7.25. The van der Waals surface area contributed by atoms with Gasteiger partial charge in [-0.15, -0.1) is 0 Å². The van der Waals surface area contributed by atoms with Gasteiger partial charge in [0.05, 0.1) is 32.5 Å². The Morgan fingerprint density at radius 2 is 1.25 bits per heavy atom. The maximum absolute atomic E-state index is 7.25. The number of ether oxygens (including phenoxy) is 7. The largest absolute Gasteiger partial charge is 0.494 e. The van der Waals surface area contributed by atoms with Crippen LogP contribution < -0.4 is 4.74 Å². The van der Waals surface area contributed by atoms with Gasteiger partial charge in [-0.05, 0) is 78.3 Å². The highest BCUT2D eigenvalue weighted by Gasteiger charge is 2.71. The Morgan fingerprint density at radius 3 is 1.83 bits per heavy atom. The molecule has 5 atom stereocenters. The van der Waals surface area contributed by atoms with Crippen LogP contribution in [0.1, 0.15) is 53.1 Å². The van der Waals surface area contributed by atoms with E-state index >= 15 is 0 Å². The standard InChI is InChI=1S/C45H45ClO7/c1-2-47-38-21-18-32(19-22-38)26-36-27-37(20-25-40(36)46)45-43(50-30-35-16-10-5-11-17-35)41(48-28-33-12-6-3-7-13-33)42(49-29-34-14-8-4-9-15-34)44(53-45,31-51-45)52-39-23-24-39/h3-22,25,27,39,41-43H,2,23-24,26,28-31H2,1H3/t41-,42-,43+,44-,45-/m0/s1. The van der Waals surface area contributed by atoms with Crippen molar-refractivity contribution in [2.45, 2.75) is 82.0 Å². The van der Waals surface area contributed by atoms with E-state index in [2.05, 4.69) is 42.5 Å². The molecule has 2 bridgehead atoms. The molecular formula is C45H45ClO7. The second-order valence-electron chi connectivity index (χ2n) is 13.9. The van der Waals surface area contributed by atoms with E-state index in [1.807, 2.05) is 97.9 Å². The zero-order chi connectivity index (χ0) is 36.1. The third-order valence-corrected chi connectivity index (χ3v) is 10.4. The molecule has 0 N–H and O–H groups in total. The molecule has 2 aliphatic heterocycles. The van der Waals surface area contributed by atoms with Crippen molar-refractivity contribution >= 4 is 11.6 Å². The molecule has 8 rings (SSSR count). The molecule has 8 heteroatoms.